The van der Waals surface area contributed by atoms with Crippen LogP contribution in [0.15, 0.2) is 0 Å². The summed E-state index contributed by atoms with van der Waals surface area (Å²) in [6, 6.07) is 0.533. The summed E-state index contributed by atoms with van der Waals surface area (Å²) in [6.45, 7) is 5.18. The molecule has 4 heteroatoms. The largest absolute Gasteiger partial charge is 0.314 e. The van der Waals surface area contributed by atoms with Gasteiger partial charge in [0.15, 0.2) is 0 Å². The van der Waals surface area contributed by atoms with Gasteiger partial charge in [0.2, 0.25) is 0 Å². The van der Waals surface area contributed by atoms with Crippen LogP contribution in [0.4, 0.5) is 0 Å². The molecule has 1 heterocycles. The number of nitrogens with one attached hydrogen (secondary N) is 3. The Hall–Kier alpha value is -0.610. The first-order valence-corrected chi connectivity index (χ1v) is 4.11. The van der Waals surface area contributed by atoms with Gasteiger partial charge in [0, 0.05) is 25.7 Å². The molecule has 1 aliphatic rings. The molecule has 64 valence electrons. The van der Waals surface area contributed by atoms with Crippen LogP contribution in [0.3, 0.4) is 0 Å². The molecule has 1 unspecified atom stereocenters. The van der Waals surface area contributed by atoms with Gasteiger partial charge in [-0.3, -0.25) is 5.41 Å². The second kappa shape index (κ2) is 4.31. The van der Waals surface area contributed by atoms with E-state index in [9.17, 15) is 0 Å². The topological polar surface area (TPSA) is 51.1 Å². The molecule has 1 aliphatic heterocycles. The van der Waals surface area contributed by atoms with E-state index in [0.717, 1.165) is 26.1 Å². The van der Waals surface area contributed by atoms with Gasteiger partial charge in [0.25, 0.3) is 0 Å². The summed E-state index contributed by atoms with van der Waals surface area (Å²) in [5.41, 5.74) is 2.92. The first kappa shape index (κ1) is 8.49. The minimum atomic E-state index is 0.533. The smallest absolute Gasteiger partial charge is 0.0936 e. The molecule has 0 aromatic carbocycles. The van der Waals surface area contributed by atoms with Gasteiger partial charge < -0.3 is 10.7 Å². The minimum absolute atomic E-state index is 0.533. The minimum Gasteiger partial charge on any atom is -0.314 e. The van der Waals surface area contributed by atoms with Crippen molar-refractivity contribution in [1.82, 2.24) is 15.8 Å². The molecule has 0 aromatic heterocycles. The predicted octanol–water partition coefficient (Wildman–Crippen LogP) is -0.218. The number of piperazine rings is 1. The van der Waals surface area contributed by atoms with Crippen LogP contribution in [-0.2, 0) is 0 Å². The highest BCUT2D eigenvalue weighted by molar-refractivity contribution is 5.48. The summed E-state index contributed by atoms with van der Waals surface area (Å²) in [7, 11) is 0. The predicted molar refractivity (Wildman–Crippen MR) is 45.6 cm³/mol. The highest BCUT2D eigenvalue weighted by atomic mass is 15.5. The van der Waals surface area contributed by atoms with Crippen molar-refractivity contribution in [3.63, 3.8) is 0 Å². The third-order valence-electron chi connectivity index (χ3n) is 2.05. The van der Waals surface area contributed by atoms with Crippen LogP contribution in [0.5, 0.6) is 0 Å². The van der Waals surface area contributed by atoms with Crippen molar-refractivity contribution in [2.24, 2.45) is 0 Å². The molecular formula is C7H16N4. The van der Waals surface area contributed by atoms with Crippen LogP contribution in [0.25, 0.3) is 0 Å². The molecule has 1 fully saturated rings. The molecule has 0 radical (unpaired) electrons. The van der Waals surface area contributed by atoms with Gasteiger partial charge in [-0.2, -0.15) is 0 Å². The molecule has 0 bridgehead atoms. The van der Waals surface area contributed by atoms with Crippen molar-refractivity contribution in [3.8, 4) is 0 Å². The maximum Gasteiger partial charge on any atom is 0.0936 e. The van der Waals surface area contributed by atoms with Crippen LogP contribution in [0.1, 0.15) is 13.3 Å². The van der Waals surface area contributed by atoms with Crippen molar-refractivity contribution in [3.05, 3.63) is 0 Å². The zero-order valence-corrected chi connectivity index (χ0v) is 6.93. The molecule has 3 N–H and O–H groups in total. The van der Waals surface area contributed by atoms with Gasteiger partial charge in [-0.15, -0.1) is 0 Å². The Bertz CT molecular complexity index is 126. The van der Waals surface area contributed by atoms with Crippen molar-refractivity contribution >= 4 is 6.34 Å². The summed E-state index contributed by atoms with van der Waals surface area (Å²) in [5, 5.41) is 12.3. The average molecular weight is 156 g/mol. The molecular weight excluding hydrogens is 140 g/mol. The standard InChI is InChI=1S/C7H16N4/c1-2-7-5-9-3-4-11(7)10-6-8/h6-7,9H,2-5H2,1H3,(H2,8,10). The summed E-state index contributed by atoms with van der Waals surface area (Å²) < 4.78 is 0. The normalized spacial score (nSPS) is 26.5. The van der Waals surface area contributed by atoms with Gasteiger partial charge >= 0.3 is 0 Å². The Morgan fingerprint density at radius 1 is 1.82 bits per heavy atom. The number of hydrogen-bond donors (Lipinski definition) is 3. The molecule has 0 aliphatic carbocycles. The molecule has 1 atom stereocenters. The zero-order chi connectivity index (χ0) is 8.10. The van der Waals surface area contributed by atoms with E-state index in [-0.39, 0.29) is 0 Å². The maximum absolute atomic E-state index is 6.91. The SMILES string of the molecule is CCC1CNCCN1NC=N. The molecule has 0 amide bonds. The van der Waals surface area contributed by atoms with Crippen LogP contribution < -0.4 is 10.7 Å². The Kier molecular flexibility index (Phi) is 3.32. The quantitative estimate of drug-likeness (QED) is 0.391. The Balaban J connectivity index is 2.37. The number of rotatable bonds is 3. The summed E-state index contributed by atoms with van der Waals surface area (Å²) >= 11 is 0. The number of hydrazine groups is 1. The van der Waals surface area contributed by atoms with E-state index in [0.29, 0.717) is 6.04 Å². The van der Waals surface area contributed by atoms with Gasteiger partial charge in [0.05, 0.1) is 6.34 Å². The third-order valence-corrected chi connectivity index (χ3v) is 2.05. The molecule has 0 spiro atoms. The van der Waals surface area contributed by atoms with E-state index >= 15 is 0 Å². The zero-order valence-electron chi connectivity index (χ0n) is 6.93. The third kappa shape index (κ3) is 2.17. The molecule has 0 saturated carbocycles. The fourth-order valence-corrected chi connectivity index (χ4v) is 1.38. The van der Waals surface area contributed by atoms with Crippen LogP contribution in [0.2, 0.25) is 0 Å². The van der Waals surface area contributed by atoms with E-state index < -0.39 is 0 Å². The lowest BCUT2D eigenvalue weighted by molar-refractivity contribution is 0.128. The number of nitrogens with zero attached hydrogens (tertiary/aromatic N) is 1. The first-order chi connectivity index (χ1) is 5.38. The van der Waals surface area contributed by atoms with Crippen molar-refractivity contribution < 1.29 is 0 Å². The fourth-order valence-electron chi connectivity index (χ4n) is 1.38. The summed E-state index contributed by atoms with van der Waals surface area (Å²) in [5.74, 6) is 0. The average Bonchev–Trinajstić information content (AvgIpc) is 2.06. The monoisotopic (exact) mass is 156 g/mol. The van der Waals surface area contributed by atoms with E-state index in [2.05, 4.69) is 22.7 Å². The molecule has 0 aromatic rings. The summed E-state index contributed by atoms with van der Waals surface area (Å²) in [4.78, 5) is 0. The Morgan fingerprint density at radius 2 is 2.64 bits per heavy atom. The van der Waals surface area contributed by atoms with E-state index in [4.69, 9.17) is 5.41 Å². The Labute approximate surface area is 67.4 Å². The fraction of sp³-hybridized carbons (Fsp3) is 0.857. The molecule has 1 rings (SSSR count). The van der Waals surface area contributed by atoms with E-state index in [1.165, 1.54) is 6.34 Å². The number of hydrogen-bond acceptors (Lipinski definition) is 3. The lowest BCUT2D eigenvalue weighted by Gasteiger charge is -2.34. The van der Waals surface area contributed by atoms with Crippen LogP contribution in [0, 0.1) is 5.41 Å². The van der Waals surface area contributed by atoms with Crippen LogP contribution >= 0.6 is 0 Å². The van der Waals surface area contributed by atoms with Gasteiger partial charge in [-0.1, -0.05) is 6.92 Å². The van der Waals surface area contributed by atoms with E-state index in [1.54, 1.807) is 0 Å². The first-order valence-electron chi connectivity index (χ1n) is 4.11. The molecule has 11 heavy (non-hydrogen) atoms. The summed E-state index contributed by atoms with van der Waals surface area (Å²) in [6.07, 6.45) is 2.36. The molecule has 1 saturated heterocycles. The van der Waals surface area contributed by atoms with Crippen LogP contribution in [-0.4, -0.2) is 37.0 Å². The van der Waals surface area contributed by atoms with Gasteiger partial charge in [-0.05, 0) is 6.42 Å². The van der Waals surface area contributed by atoms with Gasteiger partial charge in [0.1, 0.15) is 0 Å². The van der Waals surface area contributed by atoms with Crippen molar-refractivity contribution in [1.29, 1.82) is 5.41 Å². The van der Waals surface area contributed by atoms with E-state index in [1.807, 2.05) is 0 Å². The Morgan fingerprint density at radius 3 is 3.27 bits per heavy atom. The van der Waals surface area contributed by atoms with Crippen molar-refractivity contribution in [2.75, 3.05) is 19.6 Å². The van der Waals surface area contributed by atoms with Gasteiger partial charge in [-0.25, -0.2) is 5.01 Å². The highest BCUT2D eigenvalue weighted by Crippen LogP contribution is 2.02. The lowest BCUT2D eigenvalue weighted by Crippen LogP contribution is -2.56. The second-order valence-corrected chi connectivity index (χ2v) is 2.73. The van der Waals surface area contributed by atoms with Crippen molar-refractivity contribution in [2.45, 2.75) is 19.4 Å². The molecule has 4 nitrogen and oxygen atoms in total. The highest BCUT2D eigenvalue weighted by Gasteiger charge is 2.18. The second-order valence-electron chi connectivity index (χ2n) is 2.73. The lowest BCUT2D eigenvalue weighted by atomic mass is 10.2. The maximum atomic E-state index is 6.91.